The molecule has 0 aliphatic heterocycles. The highest BCUT2D eigenvalue weighted by atomic mass is 32.2. The minimum atomic E-state index is -1.29. The van der Waals surface area contributed by atoms with Crippen molar-refractivity contribution in [1.29, 1.82) is 0 Å². The maximum absolute atomic E-state index is 12.1. The van der Waals surface area contributed by atoms with Crippen LogP contribution in [-0.2, 0) is 15.6 Å². The van der Waals surface area contributed by atoms with E-state index in [-0.39, 0.29) is 12.2 Å². The van der Waals surface area contributed by atoms with Gasteiger partial charge < -0.3 is 10.4 Å². The number of nitrogens with one attached hydrogen (secondary N) is 1. The van der Waals surface area contributed by atoms with Gasteiger partial charge in [-0.2, -0.15) is 0 Å². The summed E-state index contributed by atoms with van der Waals surface area (Å²) in [7, 11) is -1.29. The van der Waals surface area contributed by atoms with Gasteiger partial charge in [-0.25, -0.2) is 4.79 Å². The van der Waals surface area contributed by atoms with Gasteiger partial charge in [0.2, 0.25) is 0 Å². The van der Waals surface area contributed by atoms with Crippen LogP contribution in [0.1, 0.15) is 16.8 Å². The smallest absolute Gasteiger partial charge is 0.326 e. The lowest BCUT2D eigenvalue weighted by Gasteiger charge is -2.14. The second-order valence-electron chi connectivity index (χ2n) is 4.88. The number of carbonyl (C=O) groups excluding carboxylic acids is 1. The fourth-order valence-electron chi connectivity index (χ4n) is 2.00. The third kappa shape index (κ3) is 5.03. The van der Waals surface area contributed by atoms with Crippen molar-refractivity contribution in [2.75, 3.05) is 5.75 Å². The molecule has 120 valence electrons. The normalized spacial score (nSPS) is 13.0. The molecule has 0 fully saturated rings. The van der Waals surface area contributed by atoms with Gasteiger partial charge in [-0.3, -0.25) is 9.00 Å². The summed E-state index contributed by atoms with van der Waals surface area (Å²) in [4.78, 5) is 24.0. The molecule has 2 N–H and O–H groups in total. The van der Waals surface area contributed by atoms with Gasteiger partial charge in [-0.1, -0.05) is 36.4 Å². The highest BCUT2D eigenvalue weighted by Crippen LogP contribution is 2.08. The molecule has 2 rings (SSSR count). The number of amides is 1. The van der Waals surface area contributed by atoms with E-state index in [1.165, 1.54) is 0 Å². The zero-order chi connectivity index (χ0) is 16.7. The Bertz CT molecular complexity index is 688. The molecule has 0 saturated carbocycles. The summed E-state index contributed by atoms with van der Waals surface area (Å²) >= 11 is 0. The van der Waals surface area contributed by atoms with Gasteiger partial charge in [0.05, 0.1) is 10.8 Å². The molecule has 0 heterocycles. The van der Waals surface area contributed by atoms with Crippen LogP contribution in [0.5, 0.6) is 0 Å². The minimum Gasteiger partial charge on any atom is -0.480 e. The molecular weight excluding hydrogens is 314 g/mol. The highest BCUT2D eigenvalue weighted by Gasteiger charge is 2.21. The van der Waals surface area contributed by atoms with E-state index in [0.717, 1.165) is 0 Å². The second-order valence-corrected chi connectivity index (χ2v) is 6.45. The lowest BCUT2D eigenvalue weighted by Crippen LogP contribution is -2.41. The summed E-state index contributed by atoms with van der Waals surface area (Å²) in [6.07, 6.45) is 0.0927. The van der Waals surface area contributed by atoms with Crippen LogP contribution in [0.15, 0.2) is 65.6 Å². The van der Waals surface area contributed by atoms with E-state index in [0.29, 0.717) is 10.5 Å². The van der Waals surface area contributed by atoms with Gasteiger partial charge in [0.15, 0.2) is 0 Å². The Balaban J connectivity index is 1.96. The van der Waals surface area contributed by atoms with Crippen molar-refractivity contribution in [1.82, 2.24) is 5.32 Å². The molecule has 2 aromatic rings. The van der Waals surface area contributed by atoms with Gasteiger partial charge >= 0.3 is 5.97 Å². The fraction of sp³-hybridized carbons (Fsp3) is 0.176. The van der Waals surface area contributed by atoms with E-state index in [9.17, 15) is 18.9 Å². The number of carbonyl (C=O) groups is 2. The van der Waals surface area contributed by atoms with Crippen molar-refractivity contribution >= 4 is 22.7 Å². The van der Waals surface area contributed by atoms with Crippen LogP contribution < -0.4 is 5.32 Å². The summed E-state index contributed by atoms with van der Waals surface area (Å²) in [5.74, 6) is -1.43. The van der Waals surface area contributed by atoms with E-state index in [2.05, 4.69) is 5.32 Å². The second kappa shape index (κ2) is 8.24. The number of aliphatic carboxylic acids is 1. The van der Waals surface area contributed by atoms with Gasteiger partial charge in [0, 0.05) is 16.2 Å². The van der Waals surface area contributed by atoms with Crippen LogP contribution in [0.3, 0.4) is 0 Å². The molecule has 23 heavy (non-hydrogen) atoms. The SMILES string of the molecule is O=C(N[C@@H](CC[S@](=O)c1ccccc1)C(=O)O)c1ccccc1. The summed E-state index contributed by atoms with van der Waals surface area (Å²) in [6.45, 7) is 0. The number of hydrogen-bond donors (Lipinski definition) is 2. The van der Waals surface area contributed by atoms with Crippen LogP contribution in [-0.4, -0.2) is 33.0 Å². The van der Waals surface area contributed by atoms with Crippen LogP contribution in [0, 0.1) is 0 Å². The number of benzene rings is 2. The Morgan fingerprint density at radius 1 is 1.00 bits per heavy atom. The minimum absolute atomic E-state index is 0.0927. The van der Waals surface area contributed by atoms with Crippen LogP contribution >= 0.6 is 0 Å². The summed E-state index contributed by atoms with van der Waals surface area (Å²) < 4.78 is 12.1. The Morgan fingerprint density at radius 2 is 1.57 bits per heavy atom. The predicted octanol–water partition coefficient (Wildman–Crippen LogP) is 2.07. The first-order chi connectivity index (χ1) is 11.1. The molecule has 5 nitrogen and oxygen atoms in total. The molecule has 0 saturated heterocycles. The number of carboxylic acids is 1. The molecule has 0 aromatic heterocycles. The molecule has 6 heteroatoms. The highest BCUT2D eigenvalue weighted by molar-refractivity contribution is 7.85. The van der Waals surface area contributed by atoms with Crippen LogP contribution in [0.2, 0.25) is 0 Å². The summed E-state index contributed by atoms with van der Waals surface area (Å²) in [5, 5.41) is 11.7. The zero-order valence-electron chi connectivity index (χ0n) is 12.3. The Kier molecular flexibility index (Phi) is 6.05. The van der Waals surface area contributed by atoms with Gasteiger partial charge in [-0.15, -0.1) is 0 Å². The van der Waals surface area contributed by atoms with Crippen LogP contribution in [0.4, 0.5) is 0 Å². The van der Waals surface area contributed by atoms with E-state index in [1.807, 2.05) is 6.07 Å². The third-order valence-electron chi connectivity index (χ3n) is 3.24. The van der Waals surface area contributed by atoms with Gasteiger partial charge in [0.25, 0.3) is 5.91 Å². The monoisotopic (exact) mass is 331 g/mol. The molecule has 0 aliphatic carbocycles. The van der Waals surface area contributed by atoms with Crippen molar-refractivity contribution in [3.05, 3.63) is 66.2 Å². The first-order valence-corrected chi connectivity index (χ1v) is 8.42. The molecular formula is C17H17NO4S. The van der Waals surface area contributed by atoms with E-state index in [1.54, 1.807) is 54.6 Å². The third-order valence-corrected chi connectivity index (χ3v) is 4.64. The molecule has 0 radical (unpaired) electrons. The Morgan fingerprint density at radius 3 is 2.13 bits per heavy atom. The van der Waals surface area contributed by atoms with E-state index in [4.69, 9.17) is 0 Å². The van der Waals surface area contributed by atoms with Gasteiger partial charge in [-0.05, 0) is 30.7 Å². The first kappa shape index (κ1) is 16.9. The molecule has 0 spiro atoms. The molecule has 0 aliphatic rings. The van der Waals surface area contributed by atoms with Crippen molar-refractivity contribution in [2.24, 2.45) is 0 Å². The van der Waals surface area contributed by atoms with E-state index >= 15 is 0 Å². The van der Waals surface area contributed by atoms with Crippen molar-refractivity contribution in [3.8, 4) is 0 Å². The number of carboxylic acid groups (broad SMARTS) is 1. The number of rotatable bonds is 7. The van der Waals surface area contributed by atoms with E-state index < -0.39 is 28.7 Å². The lowest BCUT2D eigenvalue weighted by atomic mass is 10.1. The van der Waals surface area contributed by atoms with Crippen molar-refractivity contribution in [3.63, 3.8) is 0 Å². The molecule has 2 atom stereocenters. The Labute approximate surface area is 136 Å². The van der Waals surface area contributed by atoms with Gasteiger partial charge in [0.1, 0.15) is 6.04 Å². The molecule has 2 aromatic carbocycles. The largest absolute Gasteiger partial charge is 0.480 e. The van der Waals surface area contributed by atoms with Crippen molar-refractivity contribution in [2.45, 2.75) is 17.4 Å². The maximum atomic E-state index is 12.1. The topological polar surface area (TPSA) is 83.5 Å². The summed E-state index contributed by atoms with van der Waals surface area (Å²) in [5.41, 5.74) is 0.392. The standard InChI is InChI=1S/C17H17NO4S/c19-16(13-7-3-1-4-8-13)18-15(17(20)21)11-12-23(22)14-9-5-2-6-10-14/h1-10,15H,11-12H2,(H,18,19)(H,20,21)/t15-,23-/m0/s1. The average molecular weight is 331 g/mol. The Hall–Kier alpha value is -2.47. The van der Waals surface area contributed by atoms with Crippen LogP contribution in [0.25, 0.3) is 0 Å². The fourth-order valence-corrected chi connectivity index (χ4v) is 3.15. The maximum Gasteiger partial charge on any atom is 0.326 e. The van der Waals surface area contributed by atoms with Crippen molar-refractivity contribution < 1.29 is 18.9 Å². The number of hydrogen-bond acceptors (Lipinski definition) is 3. The lowest BCUT2D eigenvalue weighted by molar-refractivity contribution is -0.139. The molecule has 1 amide bonds. The zero-order valence-corrected chi connectivity index (χ0v) is 13.2. The first-order valence-electron chi connectivity index (χ1n) is 7.10. The average Bonchev–Trinajstić information content (AvgIpc) is 2.59. The quantitative estimate of drug-likeness (QED) is 0.813. The molecule has 0 unspecified atom stereocenters. The predicted molar refractivity (Wildman–Crippen MR) is 87.7 cm³/mol. The molecule has 0 bridgehead atoms. The summed E-state index contributed by atoms with van der Waals surface area (Å²) in [6, 6.07) is 16.2.